The number of anilines is 1. The summed E-state index contributed by atoms with van der Waals surface area (Å²) in [5.74, 6) is -1.65. The lowest BCUT2D eigenvalue weighted by Crippen LogP contribution is -2.24. The number of ether oxygens (including phenoxy) is 3. The van der Waals surface area contributed by atoms with Crippen LogP contribution in [0.15, 0.2) is 53.7 Å². The lowest BCUT2D eigenvalue weighted by Gasteiger charge is -2.11. The molecular formula is C30H30N6O9S2. The van der Waals surface area contributed by atoms with Crippen LogP contribution in [0.25, 0.3) is 5.69 Å². The van der Waals surface area contributed by atoms with Crippen molar-refractivity contribution >= 4 is 57.5 Å². The van der Waals surface area contributed by atoms with E-state index >= 15 is 0 Å². The van der Waals surface area contributed by atoms with Gasteiger partial charge in [0.2, 0.25) is 5.91 Å². The third kappa shape index (κ3) is 8.30. The summed E-state index contributed by atoms with van der Waals surface area (Å²) in [6.07, 6.45) is 0. The first-order chi connectivity index (χ1) is 22.6. The van der Waals surface area contributed by atoms with Crippen LogP contribution in [0.4, 0.5) is 10.7 Å². The van der Waals surface area contributed by atoms with Crippen LogP contribution in [-0.2, 0) is 20.8 Å². The number of benzene rings is 2. The number of amides is 2. The average Bonchev–Trinajstić information content (AvgIpc) is 3.62. The Morgan fingerprint density at radius 3 is 2.38 bits per heavy atom. The fraction of sp³-hybridized carbons (Fsp3) is 0.267. The molecule has 0 saturated carbocycles. The second-order valence-electron chi connectivity index (χ2n) is 9.46. The molecule has 0 unspecified atom stereocenters. The number of hydrogen-bond acceptors (Lipinski definition) is 13. The quantitative estimate of drug-likeness (QED) is 0.0816. The second kappa shape index (κ2) is 15.8. The molecule has 0 aliphatic rings. The molecule has 4 aromatic rings. The van der Waals surface area contributed by atoms with Gasteiger partial charge in [-0.3, -0.25) is 24.3 Å². The van der Waals surface area contributed by atoms with Crippen LogP contribution >= 0.6 is 23.1 Å². The van der Waals surface area contributed by atoms with E-state index in [9.17, 15) is 29.3 Å². The number of non-ortho nitro benzene ring substituents is 1. The predicted octanol–water partition coefficient (Wildman–Crippen LogP) is 4.57. The van der Waals surface area contributed by atoms with Crippen molar-refractivity contribution in [3.05, 3.63) is 86.0 Å². The molecule has 246 valence electrons. The minimum absolute atomic E-state index is 0.0568. The van der Waals surface area contributed by atoms with Gasteiger partial charge in [0.1, 0.15) is 15.6 Å². The zero-order chi connectivity index (χ0) is 34.1. The van der Waals surface area contributed by atoms with Gasteiger partial charge in [0, 0.05) is 23.4 Å². The van der Waals surface area contributed by atoms with Crippen LogP contribution < -0.4 is 15.4 Å². The molecule has 2 N–H and O–H groups in total. The number of carbonyl (C=O) groups excluding carboxylic acids is 4. The standard InChI is InChI=1S/C30H30N6O9S2/c1-5-44-28(39)24-17(3)25(29(40)45-6-2)47-27(24)32-23(37)16-46-30-34-33-22(35(30)19-10-12-20(13-11-19)36(41)42)15-31-26(38)18-8-7-9-21(14-18)43-4/h7-14H,5-6,15-16H2,1-4H3,(H,31,38)(H,32,37). The lowest BCUT2D eigenvalue weighted by molar-refractivity contribution is -0.384. The highest BCUT2D eigenvalue weighted by atomic mass is 32.2. The second-order valence-corrected chi connectivity index (χ2v) is 11.4. The van der Waals surface area contributed by atoms with Crippen LogP contribution in [0.2, 0.25) is 0 Å². The molecule has 17 heteroatoms. The lowest BCUT2D eigenvalue weighted by atomic mass is 10.1. The molecule has 0 radical (unpaired) electrons. The highest BCUT2D eigenvalue weighted by molar-refractivity contribution is 7.99. The topological polar surface area (TPSA) is 194 Å². The third-order valence-corrected chi connectivity index (χ3v) is 8.55. The fourth-order valence-electron chi connectivity index (χ4n) is 4.25. The molecule has 2 amide bonds. The number of methoxy groups -OCH3 is 1. The molecule has 15 nitrogen and oxygen atoms in total. The number of nitro benzene ring substituents is 1. The molecule has 47 heavy (non-hydrogen) atoms. The third-order valence-electron chi connectivity index (χ3n) is 6.43. The number of rotatable bonds is 14. The van der Waals surface area contributed by atoms with Crippen molar-refractivity contribution < 1.29 is 38.3 Å². The van der Waals surface area contributed by atoms with Gasteiger partial charge in [-0.25, -0.2) is 9.59 Å². The molecule has 0 aliphatic carbocycles. The Balaban J connectivity index is 1.57. The summed E-state index contributed by atoms with van der Waals surface area (Å²) in [5, 5.41) is 25.5. The number of hydrogen-bond donors (Lipinski definition) is 2. The summed E-state index contributed by atoms with van der Waals surface area (Å²) in [6, 6.07) is 12.2. The van der Waals surface area contributed by atoms with E-state index in [1.54, 1.807) is 49.6 Å². The van der Waals surface area contributed by atoms with Gasteiger partial charge in [0.15, 0.2) is 11.0 Å². The maximum Gasteiger partial charge on any atom is 0.348 e. The SMILES string of the molecule is CCOC(=O)c1sc(NC(=O)CSc2nnc(CNC(=O)c3cccc(OC)c3)n2-c2ccc([N+](=O)[O-])cc2)c(C(=O)OCC)c1C. The normalized spacial score (nSPS) is 10.6. The van der Waals surface area contributed by atoms with Crippen molar-refractivity contribution in [3.63, 3.8) is 0 Å². The summed E-state index contributed by atoms with van der Waals surface area (Å²) >= 11 is 1.90. The minimum Gasteiger partial charge on any atom is -0.497 e. The number of thiophene rings is 1. The Bertz CT molecular complexity index is 1800. The minimum atomic E-state index is -0.696. The first-order valence-corrected chi connectivity index (χ1v) is 15.9. The molecule has 0 saturated heterocycles. The molecule has 0 bridgehead atoms. The van der Waals surface area contributed by atoms with Crippen LogP contribution in [0, 0.1) is 17.0 Å². The zero-order valence-corrected chi connectivity index (χ0v) is 27.4. The molecule has 0 fully saturated rings. The molecule has 2 aromatic carbocycles. The van der Waals surface area contributed by atoms with E-state index in [0.717, 1.165) is 23.1 Å². The van der Waals surface area contributed by atoms with Crippen molar-refractivity contribution in [3.8, 4) is 11.4 Å². The number of nitrogens with zero attached hydrogens (tertiary/aromatic N) is 4. The van der Waals surface area contributed by atoms with E-state index in [4.69, 9.17) is 14.2 Å². The highest BCUT2D eigenvalue weighted by Crippen LogP contribution is 2.35. The predicted molar refractivity (Wildman–Crippen MR) is 173 cm³/mol. The molecule has 0 atom stereocenters. The number of aromatic nitrogens is 3. The van der Waals surface area contributed by atoms with Crippen molar-refractivity contribution in [1.82, 2.24) is 20.1 Å². The maximum absolute atomic E-state index is 13.1. The Morgan fingerprint density at radius 1 is 1.02 bits per heavy atom. The van der Waals surface area contributed by atoms with Crippen molar-refractivity contribution in [1.29, 1.82) is 0 Å². The molecule has 4 rings (SSSR count). The van der Waals surface area contributed by atoms with Crippen LogP contribution in [-0.4, -0.2) is 69.5 Å². The van der Waals surface area contributed by atoms with Gasteiger partial charge in [-0.15, -0.1) is 21.5 Å². The number of esters is 2. The van der Waals surface area contributed by atoms with Gasteiger partial charge < -0.3 is 24.8 Å². The van der Waals surface area contributed by atoms with Crippen LogP contribution in [0.3, 0.4) is 0 Å². The van der Waals surface area contributed by atoms with E-state index < -0.39 is 28.7 Å². The van der Waals surface area contributed by atoms with Crippen molar-refractivity contribution in [2.24, 2.45) is 0 Å². The van der Waals surface area contributed by atoms with Gasteiger partial charge in [-0.05, 0) is 56.7 Å². The van der Waals surface area contributed by atoms with Crippen molar-refractivity contribution in [2.75, 3.05) is 31.4 Å². The number of nitrogens with one attached hydrogen (secondary N) is 2. The van der Waals surface area contributed by atoms with E-state index in [2.05, 4.69) is 20.8 Å². The Hall–Kier alpha value is -5.29. The van der Waals surface area contributed by atoms with E-state index in [1.165, 1.54) is 31.4 Å². The van der Waals surface area contributed by atoms with Crippen molar-refractivity contribution in [2.45, 2.75) is 32.5 Å². The molecule has 2 heterocycles. The number of thioether (sulfide) groups is 1. The molecular weight excluding hydrogens is 652 g/mol. The molecule has 0 spiro atoms. The van der Waals surface area contributed by atoms with Gasteiger partial charge in [0.05, 0.1) is 43.1 Å². The summed E-state index contributed by atoms with van der Waals surface area (Å²) in [7, 11) is 1.49. The maximum atomic E-state index is 13.1. The Labute approximate surface area is 276 Å². The van der Waals surface area contributed by atoms with E-state index in [0.29, 0.717) is 22.6 Å². The first-order valence-electron chi connectivity index (χ1n) is 14.1. The summed E-state index contributed by atoms with van der Waals surface area (Å²) < 4.78 is 17.0. The number of carbonyl (C=O) groups is 4. The van der Waals surface area contributed by atoms with Crippen LogP contribution in [0.1, 0.15) is 55.6 Å². The van der Waals surface area contributed by atoms with Crippen LogP contribution in [0.5, 0.6) is 5.75 Å². The smallest absolute Gasteiger partial charge is 0.348 e. The highest BCUT2D eigenvalue weighted by Gasteiger charge is 2.28. The zero-order valence-electron chi connectivity index (χ0n) is 25.7. The molecule has 2 aromatic heterocycles. The Morgan fingerprint density at radius 2 is 1.72 bits per heavy atom. The summed E-state index contributed by atoms with van der Waals surface area (Å²) in [6.45, 7) is 5.02. The monoisotopic (exact) mass is 682 g/mol. The summed E-state index contributed by atoms with van der Waals surface area (Å²) in [5.41, 5.74) is 1.06. The van der Waals surface area contributed by atoms with Gasteiger partial charge in [-0.2, -0.15) is 0 Å². The van der Waals surface area contributed by atoms with E-state index in [1.807, 2.05) is 0 Å². The van der Waals surface area contributed by atoms with Gasteiger partial charge in [0.25, 0.3) is 11.6 Å². The molecule has 0 aliphatic heterocycles. The first kappa shape index (κ1) is 34.6. The number of nitro groups is 1. The van der Waals surface area contributed by atoms with E-state index in [-0.39, 0.29) is 57.6 Å². The van der Waals surface area contributed by atoms with Gasteiger partial charge >= 0.3 is 11.9 Å². The average molecular weight is 683 g/mol. The largest absolute Gasteiger partial charge is 0.497 e. The Kier molecular flexibility index (Phi) is 11.6. The summed E-state index contributed by atoms with van der Waals surface area (Å²) in [4.78, 5) is 62.0. The fourth-order valence-corrected chi connectivity index (χ4v) is 6.13. The van der Waals surface area contributed by atoms with Gasteiger partial charge in [-0.1, -0.05) is 17.8 Å².